The third-order valence-electron chi connectivity index (χ3n) is 4.30. The van der Waals surface area contributed by atoms with Gasteiger partial charge in [-0.3, -0.25) is 4.79 Å². The van der Waals surface area contributed by atoms with Crippen molar-refractivity contribution in [3.8, 4) is 0 Å². The summed E-state index contributed by atoms with van der Waals surface area (Å²) in [6.07, 6.45) is 1.70. The van der Waals surface area contributed by atoms with Gasteiger partial charge in [0.15, 0.2) is 0 Å². The number of anilines is 1. The normalized spacial score (nSPS) is 21.3. The topological polar surface area (TPSA) is 43.8 Å². The number of amides is 1. The maximum atomic E-state index is 12.3. The molecule has 1 aliphatic carbocycles. The molecule has 19 heavy (non-hydrogen) atoms. The lowest BCUT2D eigenvalue weighted by Gasteiger charge is -2.37. The predicted molar refractivity (Wildman–Crippen MR) is 74.0 cm³/mol. The number of aliphatic hydroxyl groups is 1. The molecule has 0 aromatic heterocycles. The van der Waals surface area contributed by atoms with E-state index in [1.807, 2.05) is 23.1 Å². The van der Waals surface area contributed by atoms with Crippen LogP contribution >= 0.6 is 0 Å². The van der Waals surface area contributed by atoms with Crippen LogP contribution < -0.4 is 4.90 Å². The molecule has 1 aromatic carbocycles. The number of para-hydroxylation sites is 1. The van der Waals surface area contributed by atoms with Crippen molar-refractivity contribution in [1.82, 2.24) is 4.90 Å². The van der Waals surface area contributed by atoms with Crippen molar-refractivity contribution >= 4 is 11.6 Å². The summed E-state index contributed by atoms with van der Waals surface area (Å²) in [5.41, 5.74) is 0.799. The van der Waals surface area contributed by atoms with Gasteiger partial charge in [-0.1, -0.05) is 18.2 Å². The van der Waals surface area contributed by atoms with Crippen LogP contribution in [0.2, 0.25) is 0 Å². The summed E-state index contributed by atoms with van der Waals surface area (Å²) in [4.78, 5) is 16.5. The summed E-state index contributed by atoms with van der Waals surface area (Å²) in [5.74, 6) is 0.155. The van der Waals surface area contributed by atoms with Crippen molar-refractivity contribution in [3.05, 3.63) is 30.3 Å². The number of aliphatic hydroxyl groups excluding tert-OH is 1. The summed E-state index contributed by atoms with van der Waals surface area (Å²) in [6, 6.07) is 10.3. The molecule has 4 heteroatoms. The number of benzene rings is 1. The average molecular weight is 260 g/mol. The molecule has 0 atom stereocenters. The molecule has 1 saturated carbocycles. The van der Waals surface area contributed by atoms with Gasteiger partial charge in [-0.15, -0.1) is 0 Å². The van der Waals surface area contributed by atoms with Crippen molar-refractivity contribution in [2.75, 3.05) is 37.7 Å². The van der Waals surface area contributed by atoms with Crippen molar-refractivity contribution in [2.24, 2.45) is 5.41 Å². The van der Waals surface area contributed by atoms with Crippen molar-refractivity contribution < 1.29 is 9.90 Å². The third kappa shape index (κ3) is 2.32. The van der Waals surface area contributed by atoms with Crippen molar-refractivity contribution in [1.29, 1.82) is 0 Å². The molecule has 0 bridgehead atoms. The molecule has 0 radical (unpaired) electrons. The van der Waals surface area contributed by atoms with E-state index < -0.39 is 5.41 Å². The minimum atomic E-state index is -0.422. The van der Waals surface area contributed by atoms with Gasteiger partial charge in [0.05, 0.1) is 12.0 Å². The number of hydrogen-bond acceptors (Lipinski definition) is 3. The first-order chi connectivity index (χ1) is 9.25. The largest absolute Gasteiger partial charge is 0.395 e. The molecule has 1 saturated heterocycles. The molecule has 102 valence electrons. The molecule has 2 aliphatic rings. The van der Waals surface area contributed by atoms with Gasteiger partial charge in [0, 0.05) is 31.9 Å². The Morgan fingerprint density at radius 2 is 1.74 bits per heavy atom. The van der Waals surface area contributed by atoms with Crippen LogP contribution in [0.25, 0.3) is 0 Å². The molecular formula is C15H20N2O2. The van der Waals surface area contributed by atoms with Crippen LogP contribution in [-0.2, 0) is 4.79 Å². The predicted octanol–water partition coefficient (Wildman–Crippen LogP) is 1.11. The zero-order valence-corrected chi connectivity index (χ0v) is 11.1. The monoisotopic (exact) mass is 260 g/mol. The molecule has 2 fully saturated rings. The summed E-state index contributed by atoms with van der Waals surface area (Å²) in [6.45, 7) is 3.27. The maximum absolute atomic E-state index is 12.3. The molecule has 0 unspecified atom stereocenters. The number of carbonyl (C=O) groups excluding carboxylic acids is 1. The Morgan fingerprint density at radius 3 is 2.26 bits per heavy atom. The van der Waals surface area contributed by atoms with Crippen LogP contribution in [0, 0.1) is 5.41 Å². The number of nitrogens with zero attached hydrogens (tertiary/aromatic N) is 2. The van der Waals surface area contributed by atoms with Gasteiger partial charge in [0.2, 0.25) is 5.91 Å². The first-order valence-corrected chi connectivity index (χ1v) is 6.95. The van der Waals surface area contributed by atoms with Crippen LogP contribution in [-0.4, -0.2) is 48.7 Å². The van der Waals surface area contributed by atoms with E-state index in [0.717, 1.165) is 39.0 Å². The first-order valence-electron chi connectivity index (χ1n) is 6.95. The Morgan fingerprint density at radius 1 is 1.11 bits per heavy atom. The fourth-order valence-electron chi connectivity index (χ4n) is 2.73. The van der Waals surface area contributed by atoms with E-state index in [2.05, 4.69) is 17.0 Å². The number of piperazine rings is 1. The van der Waals surface area contributed by atoms with Crippen LogP contribution in [0.15, 0.2) is 30.3 Å². The molecule has 3 rings (SSSR count). The van der Waals surface area contributed by atoms with E-state index in [1.165, 1.54) is 5.69 Å². The Balaban J connectivity index is 1.59. The maximum Gasteiger partial charge on any atom is 0.231 e. The Labute approximate surface area is 113 Å². The highest BCUT2D eigenvalue weighted by Crippen LogP contribution is 2.46. The average Bonchev–Trinajstić information content (AvgIpc) is 3.29. The number of rotatable bonds is 3. The van der Waals surface area contributed by atoms with Crippen LogP contribution in [0.1, 0.15) is 12.8 Å². The zero-order chi connectivity index (χ0) is 13.3. The van der Waals surface area contributed by atoms with Gasteiger partial charge in [-0.2, -0.15) is 0 Å². The SMILES string of the molecule is O=C(N1CCN(c2ccccc2)CC1)C1(CO)CC1. The van der Waals surface area contributed by atoms with Crippen molar-refractivity contribution in [3.63, 3.8) is 0 Å². The second-order valence-corrected chi connectivity index (χ2v) is 5.55. The van der Waals surface area contributed by atoms with Gasteiger partial charge in [0.1, 0.15) is 0 Å². The van der Waals surface area contributed by atoms with E-state index in [4.69, 9.17) is 0 Å². The summed E-state index contributed by atoms with van der Waals surface area (Å²) in [5, 5.41) is 9.33. The molecule has 1 aromatic rings. The molecule has 1 amide bonds. The molecule has 1 N–H and O–H groups in total. The fraction of sp³-hybridized carbons (Fsp3) is 0.533. The summed E-state index contributed by atoms with van der Waals surface area (Å²) in [7, 11) is 0. The zero-order valence-electron chi connectivity index (χ0n) is 11.1. The highest BCUT2D eigenvalue weighted by Gasteiger charge is 2.51. The molecule has 4 nitrogen and oxygen atoms in total. The number of carbonyl (C=O) groups is 1. The standard InChI is InChI=1S/C15H20N2O2/c18-12-15(6-7-15)14(19)17-10-8-16(9-11-17)13-4-2-1-3-5-13/h1-5,18H,6-12H2. The van der Waals surface area contributed by atoms with Crippen LogP contribution in [0.5, 0.6) is 0 Å². The van der Waals surface area contributed by atoms with E-state index in [-0.39, 0.29) is 12.5 Å². The van der Waals surface area contributed by atoms with E-state index >= 15 is 0 Å². The molecule has 0 spiro atoms. The van der Waals surface area contributed by atoms with E-state index in [1.54, 1.807) is 0 Å². The van der Waals surface area contributed by atoms with Gasteiger partial charge < -0.3 is 14.9 Å². The van der Waals surface area contributed by atoms with Crippen LogP contribution in [0.3, 0.4) is 0 Å². The van der Waals surface area contributed by atoms with Gasteiger partial charge in [0.25, 0.3) is 0 Å². The lowest BCUT2D eigenvalue weighted by atomic mass is 10.1. The first kappa shape index (κ1) is 12.5. The summed E-state index contributed by atoms with van der Waals surface area (Å²) >= 11 is 0. The second-order valence-electron chi connectivity index (χ2n) is 5.55. The van der Waals surface area contributed by atoms with E-state index in [9.17, 15) is 9.90 Å². The molecule has 1 heterocycles. The summed E-state index contributed by atoms with van der Waals surface area (Å²) < 4.78 is 0. The third-order valence-corrected chi connectivity index (χ3v) is 4.30. The quantitative estimate of drug-likeness (QED) is 0.885. The smallest absolute Gasteiger partial charge is 0.231 e. The molecule has 1 aliphatic heterocycles. The van der Waals surface area contributed by atoms with Gasteiger partial charge in [-0.05, 0) is 25.0 Å². The Kier molecular flexibility index (Phi) is 3.19. The Hall–Kier alpha value is -1.55. The second kappa shape index (κ2) is 4.85. The highest BCUT2D eigenvalue weighted by atomic mass is 16.3. The minimum absolute atomic E-state index is 0.00470. The van der Waals surface area contributed by atoms with Gasteiger partial charge >= 0.3 is 0 Å². The lowest BCUT2D eigenvalue weighted by molar-refractivity contribution is -0.138. The van der Waals surface area contributed by atoms with Crippen LogP contribution in [0.4, 0.5) is 5.69 Å². The highest BCUT2D eigenvalue weighted by molar-refractivity contribution is 5.85. The minimum Gasteiger partial charge on any atom is -0.395 e. The van der Waals surface area contributed by atoms with E-state index in [0.29, 0.717) is 0 Å². The fourth-order valence-corrected chi connectivity index (χ4v) is 2.73. The molecular weight excluding hydrogens is 240 g/mol. The lowest BCUT2D eigenvalue weighted by Crippen LogP contribution is -2.51. The Bertz CT molecular complexity index is 448. The van der Waals surface area contributed by atoms with Crippen molar-refractivity contribution in [2.45, 2.75) is 12.8 Å². The van der Waals surface area contributed by atoms with Gasteiger partial charge in [-0.25, -0.2) is 0 Å². The number of hydrogen-bond donors (Lipinski definition) is 1.